The maximum atomic E-state index is 13.8. The number of carbonyl (C=O) groups is 2. The lowest BCUT2D eigenvalue weighted by Gasteiger charge is -2.40. The van der Waals surface area contributed by atoms with Gasteiger partial charge in [0.05, 0.1) is 18.2 Å². The van der Waals surface area contributed by atoms with E-state index in [1.807, 2.05) is 36.4 Å². The van der Waals surface area contributed by atoms with E-state index in [9.17, 15) is 9.59 Å². The lowest BCUT2D eigenvalue weighted by Crippen LogP contribution is -2.47. The molecule has 3 atom stereocenters. The normalized spacial score (nSPS) is 22.6. The number of para-hydroxylation sites is 1. The highest BCUT2D eigenvalue weighted by atomic mass is 16.2. The van der Waals surface area contributed by atoms with E-state index >= 15 is 0 Å². The van der Waals surface area contributed by atoms with Gasteiger partial charge in [0.1, 0.15) is 0 Å². The number of fused-ring (bicyclic) bond motifs is 3. The van der Waals surface area contributed by atoms with Crippen LogP contribution in [-0.2, 0) is 9.59 Å². The zero-order chi connectivity index (χ0) is 25.0. The minimum Gasteiger partial charge on any atom is -0.357 e. The van der Waals surface area contributed by atoms with E-state index in [4.69, 9.17) is 0 Å². The molecule has 1 aromatic heterocycles. The number of rotatable bonds is 4. The van der Waals surface area contributed by atoms with Gasteiger partial charge in [-0.2, -0.15) is 0 Å². The number of imide groups is 1. The molecule has 36 heavy (non-hydrogen) atoms. The molecule has 5 nitrogen and oxygen atoms in total. The predicted octanol–water partition coefficient (Wildman–Crippen LogP) is 6.13. The summed E-state index contributed by atoms with van der Waals surface area (Å²) in [6.07, 6.45) is 0.201. The van der Waals surface area contributed by atoms with Crippen molar-refractivity contribution in [3.8, 4) is 0 Å². The van der Waals surface area contributed by atoms with E-state index in [1.165, 1.54) is 27.0 Å². The summed E-state index contributed by atoms with van der Waals surface area (Å²) in [6.45, 7) is 7.10. The summed E-state index contributed by atoms with van der Waals surface area (Å²) in [4.78, 5) is 34.2. The predicted molar refractivity (Wildman–Crippen MR) is 143 cm³/mol. The first kappa shape index (κ1) is 22.7. The third-order valence-electron chi connectivity index (χ3n) is 7.98. The number of carbonyl (C=O) groups excluding carboxylic acids is 2. The number of aromatic nitrogens is 1. The second-order valence-corrected chi connectivity index (χ2v) is 10.4. The van der Waals surface area contributed by atoms with E-state index in [2.05, 4.69) is 73.1 Å². The summed E-state index contributed by atoms with van der Waals surface area (Å²) in [7, 11) is 0. The highest BCUT2D eigenvalue weighted by Gasteiger charge is 2.47. The number of nitrogens with one attached hydrogen (secondary N) is 1. The smallest absolute Gasteiger partial charge is 0.251 e. The molecule has 2 aliphatic heterocycles. The largest absolute Gasteiger partial charge is 0.357 e. The first-order chi connectivity index (χ1) is 17.4. The van der Waals surface area contributed by atoms with Gasteiger partial charge in [0, 0.05) is 35.1 Å². The summed E-state index contributed by atoms with van der Waals surface area (Å²) in [5.74, 6) is 0.242. The third-order valence-corrected chi connectivity index (χ3v) is 7.98. The quantitative estimate of drug-likeness (QED) is 0.360. The maximum Gasteiger partial charge on any atom is 0.251 e. The number of H-pyrrole nitrogens is 1. The first-order valence-electron chi connectivity index (χ1n) is 12.8. The number of hydrogen-bond donors (Lipinski definition) is 1. The molecule has 0 bridgehead atoms. The Kier molecular flexibility index (Phi) is 5.53. The van der Waals surface area contributed by atoms with Gasteiger partial charge in [-0.25, -0.2) is 4.90 Å². The van der Waals surface area contributed by atoms with Crippen molar-refractivity contribution in [3.63, 3.8) is 0 Å². The molecule has 2 aliphatic rings. The molecule has 0 aliphatic carbocycles. The van der Waals surface area contributed by atoms with Gasteiger partial charge in [0.2, 0.25) is 5.91 Å². The molecule has 0 spiro atoms. The van der Waals surface area contributed by atoms with Gasteiger partial charge in [-0.05, 0) is 47.7 Å². The third kappa shape index (κ3) is 3.58. The second kappa shape index (κ2) is 8.75. The number of anilines is 1. The van der Waals surface area contributed by atoms with Crippen LogP contribution < -0.4 is 4.90 Å². The summed E-state index contributed by atoms with van der Waals surface area (Å²) >= 11 is 0. The SMILES string of the molecule is CC(C)c1ccc(N2C(=O)CC(N3CC(c4ccccc4)c4c([nH]c5ccccc45)C3C)C2=O)cc1. The Labute approximate surface area is 211 Å². The van der Waals surface area contributed by atoms with E-state index in [0.717, 1.165) is 11.2 Å². The van der Waals surface area contributed by atoms with Crippen LogP contribution in [0.25, 0.3) is 10.9 Å². The molecular formula is C31H31N3O2. The fraction of sp³-hybridized carbons (Fsp3) is 0.290. The van der Waals surface area contributed by atoms with Crippen molar-refractivity contribution >= 4 is 28.4 Å². The van der Waals surface area contributed by atoms with Gasteiger partial charge in [-0.3, -0.25) is 14.5 Å². The Morgan fingerprint density at radius 2 is 1.58 bits per heavy atom. The molecule has 2 amide bonds. The molecular weight excluding hydrogens is 446 g/mol. The molecule has 1 N–H and O–H groups in total. The highest BCUT2D eigenvalue weighted by Crippen LogP contribution is 2.45. The molecule has 1 fully saturated rings. The average molecular weight is 478 g/mol. The van der Waals surface area contributed by atoms with Gasteiger partial charge in [0.15, 0.2) is 0 Å². The van der Waals surface area contributed by atoms with Crippen LogP contribution >= 0.6 is 0 Å². The Bertz CT molecular complexity index is 1440. The zero-order valence-electron chi connectivity index (χ0n) is 20.9. The summed E-state index contributed by atoms with van der Waals surface area (Å²) in [5.41, 5.74) is 6.62. The summed E-state index contributed by atoms with van der Waals surface area (Å²) in [6, 6.07) is 26.2. The maximum absolute atomic E-state index is 13.8. The van der Waals surface area contributed by atoms with Crippen molar-refractivity contribution < 1.29 is 9.59 Å². The second-order valence-electron chi connectivity index (χ2n) is 10.4. The van der Waals surface area contributed by atoms with Crippen LogP contribution in [0, 0.1) is 0 Å². The van der Waals surface area contributed by atoms with Crippen LogP contribution in [0.15, 0.2) is 78.9 Å². The highest BCUT2D eigenvalue weighted by molar-refractivity contribution is 6.22. The Balaban J connectivity index is 1.39. The standard InChI is InChI=1S/C31H31N3O2/c1-19(2)21-13-15-23(16-14-21)34-28(35)17-27(31(34)36)33-18-25(22-9-5-4-6-10-22)29-24-11-7-8-12-26(24)32-30(29)20(33)3/h4-16,19-20,25,27,32H,17-18H2,1-3H3. The zero-order valence-corrected chi connectivity index (χ0v) is 20.9. The van der Waals surface area contributed by atoms with Crippen LogP contribution in [0.3, 0.4) is 0 Å². The van der Waals surface area contributed by atoms with E-state index < -0.39 is 6.04 Å². The van der Waals surface area contributed by atoms with Gasteiger partial charge in [-0.1, -0.05) is 74.5 Å². The van der Waals surface area contributed by atoms with Crippen LogP contribution in [0.2, 0.25) is 0 Å². The summed E-state index contributed by atoms with van der Waals surface area (Å²) < 4.78 is 0. The lowest BCUT2D eigenvalue weighted by atomic mass is 9.83. The van der Waals surface area contributed by atoms with Crippen molar-refractivity contribution in [2.75, 3.05) is 11.4 Å². The van der Waals surface area contributed by atoms with Gasteiger partial charge in [0.25, 0.3) is 5.91 Å². The molecule has 1 saturated heterocycles. The fourth-order valence-electron chi connectivity index (χ4n) is 6.02. The fourth-order valence-corrected chi connectivity index (χ4v) is 6.02. The van der Waals surface area contributed by atoms with E-state index in [1.54, 1.807) is 0 Å². The van der Waals surface area contributed by atoms with Gasteiger partial charge >= 0.3 is 0 Å². The van der Waals surface area contributed by atoms with Crippen molar-refractivity contribution in [1.29, 1.82) is 0 Å². The average Bonchev–Trinajstić information content (AvgIpc) is 3.42. The van der Waals surface area contributed by atoms with E-state index in [0.29, 0.717) is 18.2 Å². The molecule has 3 heterocycles. The minimum absolute atomic E-state index is 0.0163. The Morgan fingerprint density at radius 3 is 2.31 bits per heavy atom. The monoisotopic (exact) mass is 477 g/mol. The van der Waals surface area contributed by atoms with Crippen molar-refractivity contribution in [2.45, 2.75) is 51.1 Å². The van der Waals surface area contributed by atoms with E-state index in [-0.39, 0.29) is 30.2 Å². The van der Waals surface area contributed by atoms with Crippen LogP contribution in [0.4, 0.5) is 5.69 Å². The van der Waals surface area contributed by atoms with Crippen molar-refractivity contribution in [2.24, 2.45) is 0 Å². The number of hydrogen-bond acceptors (Lipinski definition) is 3. The molecule has 6 rings (SSSR count). The van der Waals surface area contributed by atoms with Crippen LogP contribution in [0.1, 0.15) is 67.5 Å². The molecule has 3 aromatic carbocycles. The molecule has 0 saturated carbocycles. The number of aromatic amines is 1. The number of amides is 2. The molecule has 5 heteroatoms. The van der Waals surface area contributed by atoms with Gasteiger partial charge in [-0.15, -0.1) is 0 Å². The van der Waals surface area contributed by atoms with Gasteiger partial charge < -0.3 is 4.98 Å². The Morgan fingerprint density at radius 1 is 0.889 bits per heavy atom. The van der Waals surface area contributed by atoms with Crippen LogP contribution in [0.5, 0.6) is 0 Å². The Hall–Kier alpha value is -3.70. The van der Waals surface area contributed by atoms with Crippen LogP contribution in [-0.4, -0.2) is 34.3 Å². The lowest BCUT2D eigenvalue weighted by molar-refractivity contribution is -0.123. The topological polar surface area (TPSA) is 56.4 Å². The van der Waals surface area contributed by atoms with Crippen molar-refractivity contribution in [3.05, 3.63) is 101 Å². The molecule has 3 unspecified atom stereocenters. The molecule has 0 radical (unpaired) electrons. The molecule has 182 valence electrons. The first-order valence-corrected chi connectivity index (χ1v) is 12.8. The van der Waals surface area contributed by atoms with Crippen molar-refractivity contribution in [1.82, 2.24) is 9.88 Å². The number of nitrogens with zero attached hydrogens (tertiary/aromatic N) is 2. The summed E-state index contributed by atoms with van der Waals surface area (Å²) in [5, 5.41) is 1.23. The molecule has 4 aromatic rings. The number of benzene rings is 3. The minimum atomic E-state index is -0.483.